The van der Waals surface area contributed by atoms with Gasteiger partial charge in [0.1, 0.15) is 17.7 Å². The maximum Gasteiger partial charge on any atom is 0.226 e. The Balaban J connectivity index is 1.68. The van der Waals surface area contributed by atoms with Crippen molar-refractivity contribution in [1.29, 1.82) is 0 Å². The average molecular weight is 350 g/mol. The zero-order chi connectivity index (χ0) is 17.1. The van der Waals surface area contributed by atoms with Gasteiger partial charge in [-0.25, -0.2) is 4.98 Å². The number of aryl methyl sites for hydroxylation is 1. The van der Waals surface area contributed by atoms with Crippen molar-refractivity contribution >= 4 is 17.5 Å². The summed E-state index contributed by atoms with van der Waals surface area (Å²) in [6.07, 6.45) is 3.94. The molecule has 1 saturated heterocycles. The zero-order valence-corrected chi connectivity index (χ0v) is 14.4. The highest BCUT2D eigenvalue weighted by molar-refractivity contribution is 6.30. The molecule has 1 aliphatic heterocycles. The lowest BCUT2D eigenvalue weighted by molar-refractivity contribution is -0.127. The van der Waals surface area contributed by atoms with Crippen LogP contribution in [0.2, 0.25) is 5.02 Å². The van der Waals surface area contributed by atoms with Crippen molar-refractivity contribution in [2.45, 2.75) is 19.1 Å². The first-order valence-corrected chi connectivity index (χ1v) is 8.17. The van der Waals surface area contributed by atoms with Crippen LogP contribution in [0.5, 0.6) is 5.75 Å². The molecule has 1 aromatic carbocycles. The fraction of sp³-hybridized carbons (Fsp3) is 0.412. The number of carbonyl (C=O) groups is 1. The molecule has 0 saturated carbocycles. The highest BCUT2D eigenvalue weighted by Crippen LogP contribution is 2.33. The van der Waals surface area contributed by atoms with E-state index >= 15 is 0 Å². The van der Waals surface area contributed by atoms with E-state index in [-0.39, 0.29) is 17.9 Å². The summed E-state index contributed by atoms with van der Waals surface area (Å²) < 4.78 is 12.9. The van der Waals surface area contributed by atoms with Gasteiger partial charge in [0.05, 0.1) is 13.0 Å². The predicted molar refractivity (Wildman–Crippen MR) is 89.9 cm³/mol. The summed E-state index contributed by atoms with van der Waals surface area (Å²) in [6.45, 7) is 0.933. The van der Waals surface area contributed by atoms with E-state index in [2.05, 4.69) is 10.3 Å². The third kappa shape index (κ3) is 3.39. The highest BCUT2D eigenvalue weighted by Gasteiger charge is 2.37. The number of benzene rings is 1. The van der Waals surface area contributed by atoms with Crippen molar-refractivity contribution in [3.05, 3.63) is 47.0 Å². The molecule has 2 heterocycles. The molecule has 1 aliphatic rings. The third-order valence-corrected chi connectivity index (χ3v) is 4.48. The molecule has 6 nitrogen and oxygen atoms in total. The van der Waals surface area contributed by atoms with Crippen molar-refractivity contribution in [1.82, 2.24) is 14.9 Å². The molecule has 0 bridgehead atoms. The molecule has 1 amide bonds. The van der Waals surface area contributed by atoms with Crippen molar-refractivity contribution < 1.29 is 14.3 Å². The number of methoxy groups -OCH3 is 1. The number of aromatic nitrogens is 2. The first kappa shape index (κ1) is 16.8. The van der Waals surface area contributed by atoms with Crippen LogP contribution in [0.1, 0.15) is 23.9 Å². The molecule has 7 heteroatoms. The van der Waals surface area contributed by atoms with E-state index in [4.69, 9.17) is 21.1 Å². The minimum Gasteiger partial charge on any atom is -0.496 e. The molecule has 1 fully saturated rings. The number of nitrogens with one attached hydrogen (secondary N) is 1. The SMILES string of the molecule is COc1cc(Cl)ccc1CNC(=O)[C@@H]1CCO[C@H]1c1nccn1C. The van der Waals surface area contributed by atoms with E-state index in [1.165, 1.54) is 0 Å². The summed E-state index contributed by atoms with van der Waals surface area (Å²) in [5.74, 6) is 1.14. The summed E-state index contributed by atoms with van der Waals surface area (Å²) in [5.41, 5.74) is 0.878. The molecular weight excluding hydrogens is 330 g/mol. The van der Waals surface area contributed by atoms with Crippen LogP contribution in [0.4, 0.5) is 0 Å². The zero-order valence-electron chi connectivity index (χ0n) is 13.7. The van der Waals surface area contributed by atoms with E-state index < -0.39 is 0 Å². The van der Waals surface area contributed by atoms with E-state index in [0.29, 0.717) is 30.3 Å². The Labute approximate surface area is 145 Å². The number of ether oxygens (including phenoxy) is 2. The molecule has 1 aromatic heterocycles. The maximum absolute atomic E-state index is 12.6. The minimum atomic E-state index is -0.308. The van der Waals surface area contributed by atoms with Gasteiger partial charge in [-0.05, 0) is 18.6 Å². The molecule has 2 atom stereocenters. The third-order valence-electron chi connectivity index (χ3n) is 4.24. The van der Waals surface area contributed by atoms with Crippen LogP contribution < -0.4 is 10.1 Å². The predicted octanol–water partition coefficient (Wildman–Crippen LogP) is 2.48. The Bertz CT molecular complexity index is 732. The van der Waals surface area contributed by atoms with Crippen LogP contribution >= 0.6 is 11.6 Å². The van der Waals surface area contributed by atoms with E-state index in [1.807, 2.05) is 23.9 Å². The highest BCUT2D eigenvalue weighted by atomic mass is 35.5. The number of amides is 1. The van der Waals surface area contributed by atoms with Crippen LogP contribution in [0.25, 0.3) is 0 Å². The van der Waals surface area contributed by atoms with Gasteiger partial charge < -0.3 is 19.4 Å². The topological polar surface area (TPSA) is 65.4 Å². The normalized spacial score (nSPS) is 20.1. The summed E-state index contributed by atoms with van der Waals surface area (Å²) in [5, 5.41) is 3.57. The smallest absolute Gasteiger partial charge is 0.226 e. The van der Waals surface area contributed by atoms with Crippen molar-refractivity contribution in [3.8, 4) is 5.75 Å². The number of imidazole rings is 1. The molecule has 1 N–H and O–H groups in total. The molecule has 2 aromatic rings. The fourth-order valence-corrected chi connectivity index (χ4v) is 3.10. The largest absolute Gasteiger partial charge is 0.496 e. The lowest BCUT2D eigenvalue weighted by Gasteiger charge is -2.18. The van der Waals surface area contributed by atoms with Gasteiger partial charge >= 0.3 is 0 Å². The molecule has 0 spiro atoms. The number of halogens is 1. The second-order valence-electron chi connectivity index (χ2n) is 5.76. The number of rotatable bonds is 5. The van der Waals surface area contributed by atoms with Crippen molar-refractivity contribution in [2.75, 3.05) is 13.7 Å². The van der Waals surface area contributed by atoms with Gasteiger partial charge in [0.15, 0.2) is 0 Å². The van der Waals surface area contributed by atoms with E-state index in [9.17, 15) is 4.79 Å². The molecule has 0 aliphatic carbocycles. The van der Waals surface area contributed by atoms with Crippen LogP contribution in [-0.2, 0) is 23.1 Å². The summed E-state index contributed by atoms with van der Waals surface area (Å²) in [7, 11) is 3.48. The monoisotopic (exact) mass is 349 g/mol. The molecule has 3 rings (SSSR count). The number of nitrogens with zero attached hydrogens (tertiary/aromatic N) is 2. The molecular formula is C17H20ClN3O3. The second kappa shape index (κ2) is 7.23. The Morgan fingerprint density at radius 2 is 2.38 bits per heavy atom. The van der Waals surface area contributed by atoms with Gasteiger partial charge in [0.2, 0.25) is 5.91 Å². The summed E-state index contributed by atoms with van der Waals surface area (Å²) in [6, 6.07) is 5.36. The Kier molecular flexibility index (Phi) is 5.06. The quantitative estimate of drug-likeness (QED) is 0.900. The maximum atomic E-state index is 12.6. The Hall–Kier alpha value is -2.05. The van der Waals surface area contributed by atoms with E-state index in [0.717, 1.165) is 11.4 Å². The standard InChI is InChI=1S/C17H20ClN3O3/c1-21-7-6-19-16(21)15-13(5-8-24-15)17(22)20-10-11-3-4-12(18)9-14(11)23-2/h3-4,6-7,9,13,15H,5,8,10H2,1-2H3,(H,20,22)/t13-,15-/m1/s1. The molecule has 0 unspecified atom stereocenters. The van der Waals surface area contributed by atoms with Crippen LogP contribution in [0.3, 0.4) is 0 Å². The van der Waals surface area contributed by atoms with E-state index in [1.54, 1.807) is 25.4 Å². The summed E-state index contributed by atoms with van der Waals surface area (Å²) in [4.78, 5) is 16.9. The van der Waals surface area contributed by atoms with Gasteiger partial charge in [-0.1, -0.05) is 17.7 Å². The lowest BCUT2D eigenvalue weighted by atomic mass is 9.99. The van der Waals surface area contributed by atoms with Gasteiger partial charge in [-0.15, -0.1) is 0 Å². The van der Waals surface area contributed by atoms with Gasteiger partial charge in [0.25, 0.3) is 0 Å². The van der Waals surface area contributed by atoms with Crippen molar-refractivity contribution in [2.24, 2.45) is 13.0 Å². The van der Waals surface area contributed by atoms with Crippen molar-refractivity contribution in [3.63, 3.8) is 0 Å². The Morgan fingerprint density at radius 1 is 1.54 bits per heavy atom. The van der Waals surface area contributed by atoms with Gasteiger partial charge in [-0.3, -0.25) is 4.79 Å². The van der Waals surface area contributed by atoms with Crippen LogP contribution in [0, 0.1) is 5.92 Å². The lowest BCUT2D eigenvalue weighted by Crippen LogP contribution is -2.32. The van der Waals surface area contributed by atoms with Gasteiger partial charge in [-0.2, -0.15) is 0 Å². The summed E-state index contributed by atoms with van der Waals surface area (Å²) >= 11 is 5.96. The molecule has 0 radical (unpaired) electrons. The molecule has 128 valence electrons. The average Bonchev–Trinajstić information content (AvgIpc) is 3.21. The Morgan fingerprint density at radius 3 is 3.08 bits per heavy atom. The first-order chi connectivity index (χ1) is 11.6. The minimum absolute atomic E-state index is 0.0440. The molecule has 24 heavy (non-hydrogen) atoms. The van der Waals surface area contributed by atoms with Gasteiger partial charge in [0, 0.05) is 43.2 Å². The number of carbonyl (C=O) groups excluding carboxylic acids is 1. The first-order valence-electron chi connectivity index (χ1n) is 7.79. The second-order valence-corrected chi connectivity index (χ2v) is 6.19. The van der Waals surface area contributed by atoms with Crippen LogP contribution in [-0.4, -0.2) is 29.2 Å². The number of hydrogen-bond acceptors (Lipinski definition) is 4. The number of hydrogen-bond donors (Lipinski definition) is 1. The fourth-order valence-electron chi connectivity index (χ4n) is 2.94. The van der Waals surface area contributed by atoms with Crippen LogP contribution in [0.15, 0.2) is 30.6 Å².